The van der Waals surface area contributed by atoms with Crippen molar-refractivity contribution in [2.75, 3.05) is 0 Å². The van der Waals surface area contributed by atoms with Crippen LogP contribution in [0.4, 0.5) is 0 Å². The molecule has 19 heavy (non-hydrogen) atoms. The second kappa shape index (κ2) is 5.25. The standard InChI is InChI=1S/C15H16ClN3/c1-2-4-12-14(18-9-19-15(12)16)11-7-6-10-5-3-8-17-13(10)11/h3,5,8-9,11H,2,4,6-7H2,1H3. The minimum atomic E-state index is 0.276. The van der Waals surface area contributed by atoms with E-state index in [1.165, 1.54) is 5.56 Å². The van der Waals surface area contributed by atoms with Gasteiger partial charge in [-0.25, -0.2) is 9.97 Å². The molecule has 0 spiro atoms. The van der Waals surface area contributed by atoms with E-state index in [1.54, 1.807) is 6.33 Å². The maximum Gasteiger partial charge on any atom is 0.135 e. The second-order valence-electron chi connectivity index (χ2n) is 4.92. The van der Waals surface area contributed by atoms with Crippen LogP contribution >= 0.6 is 11.6 Å². The number of halogens is 1. The number of hydrogen-bond acceptors (Lipinski definition) is 3. The molecule has 0 fully saturated rings. The first-order chi connectivity index (χ1) is 9.31. The highest BCUT2D eigenvalue weighted by Gasteiger charge is 2.28. The Morgan fingerprint density at radius 3 is 3.00 bits per heavy atom. The molecule has 0 amide bonds. The molecule has 0 radical (unpaired) electrons. The van der Waals surface area contributed by atoms with Crippen LogP contribution in [0.1, 0.15) is 48.2 Å². The van der Waals surface area contributed by atoms with Gasteiger partial charge < -0.3 is 0 Å². The number of pyridine rings is 1. The normalized spacial score (nSPS) is 17.5. The Hall–Kier alpha value is -1.48. The second-order valence-corrected chi connectivity index (χ2v) is 5.28. The highest BCUT2D eigenvalue weighted by atomic mass is 35.5. The lowest BCUT2D eigenvalue weighted by Crippen LogP contribution is -2.07. The quantitative estimate of drug-likeness (QED) is 0.803. The van der Waals surface area contributed by atoms with E-state index in [4.69, 9.17) is 11.6 Å². The first-order valence-corrected chi connectivity index (χ1v) is 7.12. The molecule has 1 atom stereocenters. The summed E-state index contributed by atoms with van der Waals surface area (Å²) < 4.78 is 0. The van der Waals surface area contributed by atoms with Crippen LogP contribution in [0, 0.1) is 0 Å². The molecule has 3 rings (SSSR count). The fraction of sp³-hybridized carbons (Fsp3) is 0.400. The fourth-order valence-corrected chi connectivity index (χ4v) is 3.10. The van der Waals surface area contributed by atoms with Gasteiger partial charge >= 0.3 is 0 Å². The predicted octanol–water partition coefficient (Wildman–Crippen LogP) is 3.56. The van der Waals surface area contributed by atoms with E-state index in [0.29, 0.717) is 5.15 Å². The van der Waals surface area contributed by atoms with Crippen molar-refractivity contribution in [1.29, 1.82) is 0 Å². The first-order valence-electron chi connectivity index (χ1n) is 6.74. The Labute approximate surface area is 118 Å². The van der Waals surface area contributed by atoms with Crippen molar-refractivity contribution < 1.29 is 0 Å². The van der Waals surface area contributed by atoms with E-state index in [2.05, 4.69) is 27.9 Å². The first kappa shape index (κ1) is 12.5. The van der Waals surface area contributed by atoms with Gasteiger partial charge in [0.1, 0.15) is 11.5 Å². The summed E-state index contributed by atoms with van der Waals surface area (Å²) in [5.41, 5.74) is 4.66. The lowest BCUT2D eigenvalue weighted by molar-refractivity contribution is 0.720. The average molecular weight is 274 g/mol. The summed E-state index contributed by atoms with van der Waals surface area (Å²) in [5, 5.41) is 0.594. The highest BCUT2D eigenvalue weighted by molar-refractivity contribution is 6.30. The Bertz CT molecular complexity index is 598. The molecule has 1 aliphatic rings. The molecule has 2 aromatic heterocycles. The van der Waals surface area contributed by atoms with Crippen molar-refractivity contribution in [2.24, 2.45) is 0 Å². The molecule has 0 aliphatic heterocycles. The summed E-state index contributed by atoms with van der Waals surface area (Å²) in [7, 11) is 0. The van der Waals surface area contributed by atoms with Gasteiger partial charge in [-0.05, 0) is 30.9 Å². The number of rotatable bonds is 3. The molecule has 4 heteroatoms. The van der Waals surface area contributed by atoms with Crippen molar-refractivity contribution in [3.05, 3.63) is 52.3 Å². The SMILES string of the molecule is CCCc1c(Cl)ncnc1C1CCc2cccnc21. The van der Waals surface area contributed by atoms with E-state index in [-0.39, 0.29) is 5.92 Å². The summed E-state index contributed by atoms with van der Waals surface area (Å²) in [4.78, 5) is 13.2. The van der Waals surface area contributed by atoms with E-state index in [1.807, 2.05) is 12.3 Å². The smallest absolute Gasteiger partial charge is 0.135 e. The molecular weight excluding hydrogens is 258 g/mol. The minimum absolute atomic E-state index is 0.276. The van der Waals surface area contributed by atoms with Gasteiger partial charge in [0.2, 0.25) is 0 Å². The Morgan fingerprint density at radius 2 is 2.16 bits per heavy atom. The van der Waals surface area contributed by atoms with Gasteiger partial charge in [0.15, 0.2) is 0 Å². The largest absolute Gasteiger partial charge is 0.260 e. The van der Waals surface area contributed by atoms with Crippen LogP contribution in [-0.4, -0.2) is 15.0 Å². The lowest BCUT2D eigenvalue weighted by Gasteiger charge is -2.15. The third-order valence-electron chi connectivity index (χ3n) is 3.71. The van der Waals surface area contributed by atoms with Gasteiger partial charge in [0, 0.05) is 17.7 Å². The maximum absolute atomic E-state index is 6.24. The Kier molecular flexibility index (Phi) is 3.47. The average Bonchev–Trinajstić information content (AvgIpc) is 2.85. The van der Waals surface area contributed by atoms with Crippen molar-refractivity contribution in [3.8, 4) is 0 Å². The summed E-state index contributed by atoms with van der Waals surface area (Å²) in [6, 6.07) is 4.16. The molecule has 1 aliphatic carbocycles. The summed E-state index contributed by atoms with van der Waals surface area (Å²) in [6.45, 7) is 2.15. The molecule has 3 nitrogen and oxygen atoms in total. The summed E-state index contributed by atoms with van der Waals surface area (Å²) in [5.74, 6) is 0.276. The highest BCUT2D eigenvalue weighted by Crippen LogP contribution is 2.38. The minimum Gasteiger partial charge on any atom is -0.260 e. The summed E-state index contributed by atoms with van der Waals surface area (Å²) >= 11 is 6.24. The molecule has 2 aromatic rings. The van der Waals surface area contributed by atoms with E-state index >= 15 is 0 Å². The Morgan fingerprint density at radius 1 is 1.26 bits per heavy atom. The van der Waals surface area contributed by atoms with Gasteiger partial charge in [0.25, 0.3) is 0 Å². The number of hydrogen-bond donors (Lipinski definition) is 0. The molecule has 1 unspecified atom stereocenters. The zero-order valence-corrected chi connectivity index (χ0v) is 11.7. The number of fused-ring (bicyclic) bond motifs is 1. The Balaban J connectivity index is 2.07. The van der Waals surface area contributed by atoms with Crippen molar-refractivity contribution in [3.63, 3.8) is 0 Å². The van der Waals surface area contributed by atoms with Crippen molar-refractivity contribution >= 4 is 11.6 Å². The van der Waals surface area contributed by atoms with Crippen LogP contribution in [0.25, 0.3) is 0 Å². The van der Waals surface area contributed by atoms with Crippen molar-refractivity contribution in [2.45, 2.75) is 38.5 Å². The maximum atomic E-state index is 6.24. The fourth-order valence-electron chi connectivity index (χ4n) is 2.86. The van der Waals surface area contributed by atoms with Gasteiger partial charge in [-0.1, -0.05) is 31.0 Å². The molecule has 0 bridgehead atoms. The zero-order valence-electron chi connectivity index (χ0n) is 10.9. The van der Waals surface area contributed by atoms with Gasteiger partial charge in [-0.3, -0.25) is 4.98 Å². The molecule has 0 N–H and O–H groups in total. The molecular formula is C15H16ClN3. The number of aromatic nitrogens is 3. The van der Waals surface area contributed by atoms with Crippen LogP contribution in [-0.2, 0) is 12.8 Å². The van der Waals surface area contributed by atoms with Gasteiger partial charge in [-0.2, -0.15) is 0 Å². The molecule has 98 valence electrons. The zero-order chi connectivity index (χ0) is 13.2. The van der Waals surface area contributed by atoms with Crippen LogP contribution in [0.5, 0.6) is 0 Å². The van der Waals surface area contributed by atoms with Crippen LogP contribution in [0.2, 0.25) is 5.15 Å². The van der Waals surface area contributed by atoms with Crippen molar-refractivity contribution in [1.82, 2.24) is 15.0 Å². The van der Waals surface area contributed by atoms with E-state index in [9.17, 15) is 0 Å². The monoisotopic (exact) mass is 273 g/mol. The topological polar surface area (TPSA) is 38.7 Å². The molecule has 2 heterocycles. The molecule has 0 saturated heterocycles. The van der Waals surface area contributed by atoms with E-state index < -0.39 is 0 Å². The summed E-state index contributed by atoms with van der Waals surface area (Å²) in [6.07, 6.45) is 7.53. The lowest BCUT2D eigenvalue weighted by atomic mass is 9.96. The van der Waals surface area contributed by atoms with Gasteiger partial charge in [0.05, 0.1) is 11.4 Å². The number of nitrogens with zero attached hydrogens (tertiary/aromatic N) is 3. The molecule has 0 aromatic carbocycles. The number of aryl methyl sites for hydroxylation is 1. The van der Waals surface area contributed by atoms with Crippen LogP contribution in [0.3, 0.4) is 0 Å². The van der Waals surface area contributed by atoms with Crippen LogP contribution in [0.15, 0.2) is 24.7 Å². The third kappa shape index (κ3) is 2.23. The third-order valence-corrected chi connectivity index (χ3v) is 4.04. The molecule has 0 saturated carbocycles. The van der Waals surface area contributed by atoms with E-state index in [0.717, 1.165) is 42.6 Å². The predicted molar refractivity (Wildman–Crippen MR) is 75.4 cm³/mol. The van der Waals surface area contributed by atoms with Gasteiger partial charge in [-0.15, -0.1) is 0 Å². The van der Waals surface area contributed by atoms with Crippen LogP contribution < -0.4 is 0 Å².